The maximum Gasteiger partial charge on any atom is 0.237 e. The molecule has 2 heterocycles. The molecular weight excluding hydrogens is 376 g/mol. The molecule has 1 N–H and O–H groups in total. The molecule has 5 nitrogen and oxygen atoms in total. The third-order valence-electron chi connectivity index (χ3n) is 3.50. The Labute approximate surface area is 159 Å². The monoisotopic (exact) mass is 392 g/mol. The van der Waals surface area contributed by atoms with E-state index in [0.29, 0.717) is 10.7 Å². The average molecular weight is 393 g/mol. The minimum Gasteiger partial charge on any atom is -0.325 e. The zero-order valence-electron chi connectivity index (χ0n) is 13.6. The summed E-state index contributed by atoms with van der Waals surface area (Å²) in [6.07, 6.45) is 2.63. The number of hydrogen-bond donors (Lipinski definition) is 1. The maximum absolute atomic E-state index is 12.4. The quantitative estimate of drug-likeness (QED) is 0.607. The van der Waals surface area contributed by atoms with Crippen molar-refractivity contribution in [3.05, 3.63) is 58.0 Å². The molecule has 130 valence electrons. The number of thioether (sulfide) groups is 1. The number of halogens is 1. The van der Waals surface area contributed by atoms with Crippen LogP contribution in [0, 0.1) is 0 Å². The van der Waals surface area contributed by atoms with Crippen molar-refractivity contribution in [3.8, 4) is 0 Å². The van der Waals surface area contributed by atoms with Crippen molar-refractivity contribution in [2.75, 3.05) is 5.32 Å². The van der Waals surface area contributed by atoms with E-state index in [1.165, 1.54) is 16.6 Å². The van der Waals surface area contributed by atoms with Crippen LogP contribution in [0.4, 0.5) is 5.69 Å². The molecule has 1 amide bonds. The first kappa shape index (κ1) is 18.0. The first-order valence-corrected chi connectivity index (χ1v) is 9.89. The SMILES string of the molecule is CC(Sc1nncn1CCc1cccs1)C(=O)Nc1cccc(Cl)c1. The van der Waals surface area contributed by atoms with E-state index in [0.717, 1.165) is 18.1 Å². The summed E-state index contributed by atoms with van der Waals surface area (Å²) in [4.78, 5) is 13.7. The van der Waals surface area contributed by atoms with Crippen LogP contribution in [0.1, 0.15) is 11.8 Å². The van der Waals surface area contributed by atoms with Crippen LogP contribution < -0.4 is 5.32 Å². The number of nitrogens with zero attached hydrogens (tertiary/aromatic N) is 3. The number of carbonyl (C=O) groups is 1. The molecule has 0 fully saturated rings. The first-order valence-electron chi connectivity index (χ1n) is 7.75. The van der Waals surface area contributed by atoms with Crippen LogP contribution in [0.5, 0.6) is 0 Å². The largest absolute Gasteiger partial charge is 0.325 e. The number of aryl methyl sites for hydroxylation is 2. The molecular formula is C17H17ClN4OS2. The average Bonchev–Trinajstić information content (AvgIpc) is 3.24. The normalized spacial score (nSPS) is 12.1. The zero-order valence-corrected chi connectivity index (χ0v) is 15.9. The van der Waals surface area contributed by atoms with Crippen molar-refractivity contribution in [2.45, 2.75) is 30.3 Å². The van der Waals surface area contributed by atoms with E-state index >= 15 is 0 Å². The summed E-state index contributed by atoms with van der Waals surface area (Å²) in [5, 5.41) is 14.1. The van der Waals surface area contributed by atoms with Gasteiger partial charge in [-0.05, 0) is 43.0 Å². The smallest absolute Gasteiger partial charge is 0.237 e. The second kappa shape index (κ2) is 8.51. The third-order valence-corrected chi connectivity index (χ3v) is 5.77. The Bertz CT molecular complexity index is 835. The molecule has 0 saturated carbocycles. The van der Waals surface area contributed by atoms with Gasteiger partial charge in [0.15, 0.2) is 5.16 Å². The molecule has 3 rings (SSSR count). The lowest BCUT2D eigenvalue weighted by Crippen LogP contribution is -2.23. The summed E-state index contributed by atoms with van der Waals surface area (Å²) in [5.41, 5.74) is 0.684. The number of nitrogens with one attached hydrogen (secondary N) is 1. The number of anilines is 1. The molecule has 1 atom stereocenters. The topological polar surface area (TPSA) is 59.8 Å². The molecule has 8 heteroatoms. The van der Waals surface area contributed by atoms with E-state index < -0.39 is 0 Å². The summed E-state index contributed by atoms with van der Waals surface area (Å²) in [6, 6.07) is 11.3. The molecule has 0 spiro atoms. The van der Waals surface area contributed by atoms with Gasteiger partial charge < -0.3 is 9.88 Å². The van der Waals surface area contributed by atoms with E-state index in [1.807, 2.05) is 23.6 Å². The fraction of sp³-hybridized carbons (Fsp3) is 0.235. The van der Waals surface area contributed by atoms with Crippen molar-refractivity contribution >= 4 is 46.3 Å². The number of amides is 1. The van der Waals surface area contributed by atoms with Gasteiger partial charge in [0, 0.05) is 22.1 Å². The van der Waals surface area contributed by atoms with E-state index in [4.69, 9.17) is 11.6 Å². The Morgan fingerprint density at radius 2 is 2.28 bits per heavy atom. The highest BCUT2D eigenvalue weighted by Gasteiger charge is 2.18. The summed E-state index contributed by atoms with van der Waals surface area (Å²) >= 11 is 9.07. The van der Waals surface area contributed by atoms with Crippen LogP contribution in [0.15, 0.2) is 53.3 Å². The van der Waals surface area contributed by atoms with Gasteiger partial charge in [0.25, 0.3) is 0 Å². The van der Waals surface area contributed by atoms with E-state index in [2.05, 4.69) is 27.0 Å². The zero-order chi connectivity index (χ0) is 17.6. The van der Waals surface area contributed by atoms with E-state index in [-0.39, 0.29) is 11.2 Å². The van der Waals surface area contributed by atoms with Crippen LogP contribution in [-0.4, -0.2) is 25.9 Å². The summed E-state index contributed by atoms with van der Waals surface area (Å²) in [7, 11) is 0. The second-order valence-electron chi connectivity index (χ2n) is 5.40. The van der Waals surface area contributed by atoms with E-state index in [9.17, 15) is 4.79 Å². The molecule has 2 aromatic heterocycles. The molecule has 3 aromatic rings. The van der Waals surface area contributed by atoms with Gasteiger partial charge in [-0.3, -0.25) is 4.79 Å². The maximum atomic E-state index is 12.4. The van der Waals surface area contributed by atoms with Crippen molar-refractivity contribution in [3.63, 3.8) is 0 Å². The van der Waals surface area contributed by atoms with Crippen LogP contribution in [0.2, 0.25) is 5.02 Å². The van der Waals surface area contributed by atoms with Crippen molar-refractivity contribution < 1.29 is 4.79 Å². The predicted molar refractivity (Wildman–Crippen MR) is 103 cm³/mol. The van der Waals surface area contributed by atoms with Gasteiger partial charge in [0.1, 0.15) is 6.33 Å². The number of rotatable bonds is 7. The highest BCUT2D eigenvalue weighted by molar-refractivity contribution is 8.00. The number of aromatic nitrogens is 3. The third kappa shape index (κ3) is 5.07. The second-order valence-corrected chi connectivity index (χ2v) is 8.17. The van der Waals surface area contributed by atoms with Crippen molar-refractivity contribution in [2.24, 2.45) is 0 Å². The Morgan fingerprint density at radius 3 is 3.04 bits per heavy atom. The summed E-state index contributed by atoms with van der Waals surface area (Å²) in [6.45, 7) is 2.64. The van der Waals surface area contributed by atoms with Gasteiger partial charge in [-0.1, -0.05) is 35.5 Å². The van der Waals surface area contributed by atoms with Gasteiger partial charge in [0.05, 0.1) is 5.25 Å². The molecule has 0 saturated heterocycles. The lowest BCUT2D eigenvalue weighted by molar-refractivity contribution is -0.115. The molecule has 25 heavy (non-hydrogen) atoms. The predicted octanol–water partition coefficient (Wildman–Crippen LogP) is 4.36. The Kier molecular flexibility index (Phi) is 6.12. The van der Waals surface area contributed by atoms with Crippen LogP contribution >= 0.6 is 34.7 Å². The molecule has 1 aromatic carbocycles. The van der Waals surface area contributed by atoms with E-state index in [1.54, 1.807) is 35.9 Å². The van der Waals surface area contributed by atoms with Gasteiger partial charge in [-0.2, -0.15) is 0 Å². The molecule has 0 aliphatic rings. The number of hydrogen-bond acceptors (Lipinski definition) is 5. The van der Waals surface area contributed by atoms with Gasteiger partial charge in [-0.15, -0.1) is 21.5 Å². The minimum absolute atomic E-state index is 0.0972. The number of thiophene rings is 1. The van der Waals surface area contributed by atoms with Gasteiger partial charge in [-0.25, -0.2) is 0 Å². The standard InChI is InChI=1S/C17H17ClN4OS2/c1-12(16(23)20-14-5-2-4-13(18)10-14)25-17-21-19-11-22(17)8-7-15-6-3-9-24-15/h2-6,9-12H,7-8H2,1H3,(H,20,23). The Morgan fingerprint density at radius 1 is 1.40 bits per heavy atom. The van der Waals surface area contributed by atoms with Gasteiger partial charge in [0.2, 0.25) is 5.91 Å². The van der Waals surface area contributed by atoms with Crippen LogP contribution in [-0.2, 0) is 17.8 Å². The van der Waals surface area contributed by atoms with Gasteiger partial charge >= 0.3 is 0 Å². The summed E-state index contributed by atoms with van der Waals surface area (Å²) in [5.74, 6) is -0.0972. The van der Waals surface area contributed by atoms with Crippen molar-refractivity contribution in [1.29, 1.82) is 0 Å². The van der Waals surface area contributed by atoms with Crippen LogP contribution in [0.3, 0.4) is 0 Å². The van der Waals surface area contributed by atoms with Crippen LogP contribution in [0.25, 0.3) is 0 Å². The molecule has 0 aliphatic carbocycles. The fourth-order valence-corrected chi connectivity index (χ4v) is 3.94. The fourth-order valence-electron chi connectivity index (χ4n) is 2.20. The molecule has 0 aliphatic heterocycles. The summed E-state index contributed by atoms with van der Waals surface area (Å²) < 4.78 is 1.98. The van der Waals surface area contributed by atoms with Crippen molar-refractivity contribution in [1.82, 2.24) is 14.8 Å². The first-order chi connectivity index (χ1) is 12.1. The molecule has 0 radical (unpaired) electrons. The Hall–Kier alpha value is -1.83. The lowest BCUT2D eigenvalue weighted by atomic mass is 10.3. The molecule has 0 bridgehead atoms. The number of carbonyl (C=O) groups excluding carboxylic acids is 1. The highest BCUT2D eigenvalue weighted by Crippen LogP contribution is 2.23. The molecule has 1 unspecified atom stereocenters. The minimum atomic E-state index is -0.302. The number of benzene rings is 1. The Balaban J connectivity index is 1.58. The highest BCUT2D eigenvalue weighted by atomic mass is 35.5. The lowest BCUT2D eigenvalue weighted by Gasteiger charge is -2.12.